The van der Waals surface area contributed by atoms with Crippen LogP contribution in [0.1, 0.15) is 24.8 Å². The Kier molecular flexibility index (Phi) is 7.64. The van der Waals surface area contributed by atoms with E-state index in [2.05, 4.69) is 5.32 Å². The van der Waals surface area contributed by atoms with Gasteiger partial charge < -0.3 is 5.32 Å². The van der Waals surface area contributed by atoms with Crippen LogP contribution < -0.4 is 10.9 Å². The molecule has 38 heavy (non-hydrogen) atoms. The van der Waals surface area contributed by atoms with Gasteiger partial charge in [0.15, 0.2) is 5.16 Å². The summed E-state index contributed by atoms with van der Waals surface area (Å²) < 4.78 is 28.8. The van der Waals surface area contributed by atoms with Crippen molar-refractivity contribution in [3.05, 3.63) is 88.7 Å². The quantitative estimate of drug-likeness (QED) is 0.268. The fourth-order valence-electron chi connectivity index (χ4n) is 4.53. The van der Waals surface area contributed by atoms with Crippen LogP contribution in [0.3, 0.4) is 0 Å². The van der Waals surface area contributed by atoms with Gasteiger partial charge in [0.2, 0.25) is 15.9 Å². The molecular formula is C28H28N4O4S2. The smallest absolute Gasteiger partial charge is 0.266 e. The van der Waals surface area contributed by atoms with Crippen molar-refractivity contribution < 1.29 is 13.2 Å². The van der Waals surface area contributed by atoms with Crippen LogP contribution in [0.4, 0.5) is 5.69 Å². The highest BCUT2D eigenvalue weighted by Gasteiger charge is 2.25. The molecule has 0 atom stereocenters. The van der Waals surface area contributed by atoms with Gasteiger partial charge in [0, 0.05) is 18.8 Å². The first kappa shape index (κ1) is 26.1. The lowest BCUT2D eigenvalue weighted by Gasteiger charge is -2.25. The first-order chi connectivity index (χ1) is 18.3. The molecule has 196 valence electrons. The van der Waals surface area contributed by atoms with E-state index in [0.717, 1.165) is 24.8 Å². The molecule has 1 N–H and O–H groups in total. The lowest BCUT2D eigenvalue weighted by atomic mass is 10.2. The number of nitrogens with one attached hydrogen (secondary N) is 1. The van der Waals surface area contributed by atoms with Gasteiger partial charge in [0.1, 0.15) is 0 Å². The molecular weight excluding hydrogens is 520 g/mol. The molecule has 1 fully saturated rings. The number of rotatable bonds is 7. The van der Waals surface area contributed by atoms with Crippen LogP contribution in [0.15, 0.2) is 87.6 Å². The van der Waals surface area contributed by atoms with Crippen LogP contribution in [0, 0.1) is 6.92 Å². The van der Waals surface area contributed by atoms with Gasteiger partial charge in [-0.3, -0.25) is 14.2 Å². The summed E-state index contributed by atoms with van der Waals surface area (Å²) in [5.41, 5.74) is 2.49. The Bertz CT molecular complexity index is 1640. The Morgan fingerprint density at radius 3 is 2.37 bits per heavy atom. The van der Waals surface area contributed by atoms with E-state index in [4.69, 9.17) is 4.98 Å². The Morgan fingerprint density at radius 1 is 0.947 bits per heavy atom. The highest BCUT2D eigenvalue weighted by molar-refractivity contribution is 7.99. The van der Waals surface area contributed by atoms with E-state index in [0.29, 0.717) is 40.5 Å². The molecule has 5 rings (SSSR count). The van der Waals surface area contributed by atoms with Crippen LogP contribution >= 0.6 is 11.8 Å². The molecule has 0 aliphatic carbocycles. The van der Waals surface area contributed by atoms with E-state index >= 15 is 0 Å². The van der Waals surface area contributed by atoms with Crippen LogP contribution in [0.25, 0.3) is 16.6 Å². The van der Waals surface area contributed by atoms with Crippen molar-refractivity contribution in [3.63, 3.8) is 0 Å². The van der Waals surface area contributed by atoms with Crippen molar-refractivity contribution in [2.24, 2.45) is 0 Å². The third-order valence-corrected chi connectivity index (χ3v) is 9.38. The van der Waals surface area contributed by atoms with Crippen LogP contribution in [-0.4, -0.2) is 47.0 Å². The summed E-state index contributed by atoms with van der Waals surface area (Å²) in [5, 5.41) is 3.73. The number of carbonyl (C=O) groups excluding carboxylic acids is 1. The van der Waals surface area contributed by atoms with Crippen LogP contribution in [0.5, 0.6) is 0 Å². The minimum Gasteiger partial charge on any atom is -0.325 e. The monoisotopic (exact) mass is 548 g/mol. The minimum atomic E-state index is -3.53. The van der Waals surface area contributed by atoms with Gasteiger partial charge in [-0.05, 0) is 67.8 Å². The first-order valence-electron chi connectivity index (χ1n) is 12.5. The molecule has 0 radical (unpaired) electrons. The molecule has 0 saturated carbocycles. The first-order valence-corrected chi connectivity index (χ1v) is 14.9. The third kappa shape index (κ3) is 5.38. The number of thioether (sulfide) groups is 1. The van der Waals surface area contributed by atoms with Gasteiger partial charge in [-0.15, -0.1) is 0 Å². The summed E-state index contributed by atoms with van der Waals surface area (Å²) in [6, 6.07) is 20.9. The predicted molar refractivity (Wildman–Crippen MR) is 150 cm³/mol. The van der Waals surface area contributed by atoms with E-state index in [9.17, 15) is 18.0 Å². The van der Waals surface area contributed by atoms with Gasteiger partial charge in [-0.2, -0.15) is 4.31 Å². The number of aryl methyl sites for hydroxylation is 1. The number of amides is 1. The second kappa shape index (κ2) is 11.1. The number of sulfonamides is 1. The summed E-state index contributed by atoms with van der Waals surface area (Å²) in [6.07, 6.45) is 2.79. The minimum absolute atomic E-state index is 0.0183. The number of hydrogen-bond acceptors (Lipinski definition) is 6. The van der Waals surface area contributed by atoms with Crippen molar-refractivity contribution in [1.82, 2.24) is 13.9 Å². The number of nitrogens with zero attached hydrogens (tertiary/aromatic N) is 3. The molecule has 0 bridgehead atoms. The third-order valence-electron chi connectivity index (χ3n) is 6.52. The SMILES string of the molecule is Cc1ccccc1-n1c(SCC(=O)Nc2ccc(S(=O)(=O)N3CCCCC3)cc2)nc2ccccc2c1=O. The molecule has 1 saturated heterocycles. The second-order valence-corrected chi connectivity index (χ2v) is 12.0. The molecule has 0 spiro atoms. The lowest BCUT2D eigenvalue weighted by Crippen LogP contribution is -2.35. The fourth-order valence-corrected chi connectivity index (χ4v) is 6.85. The molecule has 1 aliphatic rings. The van der Waals surface area contributed by atoms with Crippen molar-refractivity contribution in [1.29, 1.82) is 0 Å². The topological polar surface area (TPSA) is 101 Å². The van der Waals surface area contributed by atoms with E-state index < -0.39 is 10.0 Å². The molecule has 1 amide bonds. The fraction of sp³-hybridized carbons (Fsp3) is 0.250. The maximum absolute atomic E-state index is 13.4. The Labute approximate surface area is 225 Å². The highest BCUT2D eigenvalue weighted by Crippen LogP contribution is 2.25. The Morgan fingerprint density at radius 2 is 1.63 bits per heavy atom. The summed E-state index contributed by atoms with van der Waals surface area (Å²) in [7, 11) is -3.53. The number of carbonyl (C=O) groups is 1. The standard InChI is InChI=1S/C28H28N4O4S2/c1-20-9-3-6-12-25(20)32-27(34)23-10-4-5-11-24(23)30-28(32)37-19-26(33)29-21-13-15-22(16-14-21)38(35,36)31-17-7-2-8-18-31/h3-6,9-16H,2,7-8,17-19H2,1H3,(H,29,33). The molecule has 2 heterocycles. The number of benzene rings is 3. The number of anilines is 1. The maximum atomic E-state index is 13.4. The molecule has 10 heteroatoms. The Hall–Kier alpha value is -3.47. The zero-order chi connectivity index (χ0) is 26.7. The van der Waals surface area contributed by atoms with Crippen molar-refractivity contribution in [2.45, 2.75) is 36.2 Å². The number of para-hydroxylation sites is 2. The number of hydrogen-bond donors (Lipinski definition) is 1. The van der Waals surface area contributed by atoms with Gasteiger partial charge in [-0.1, -0.05) is 48.5 Å². The molecule has 0 unspecified atom stereocenters. The van der Waals surface area contributed by atoms with E-state index in [1.54, 1.807) is 34.9 Å². The summed E-state index contributed by atoms with van der Waals surface area (Å²) in [6.45, 7) is 3.00. The van der Waals surface area contributed by atoms with E-state index in [1.807, 2.05) is 37.3 Å². The van der Waals surface area contributed by atoms with Gasteiger partial charge >= 0.3 is 0 Å². The number of aromatic nitrogens is 2. The Balaban J connectivity index is 1.34. The van der Waals surface area contributed by atoms with Gasteiger partial charge in [0.25, 0.3) is 5.56 Å². The maximum Gasteiger partial charge on any atom is 0.266 e. The largest absolute Gasteiger partial charge is 0.325 e. The summed E-state index contributed by atoms with van der Waals surface area (Å²) in [4.78, 5) is 31.1. The summed E-state index contributed by atoms with van der Waals surface area (Å²) >= 11 is 1.17. The lowest BCUT2D eigenvalue weighted by molar-refractivity contribution is -0.113. The average molecular weight is 549 g/mol. The average Bonchev–Trinajstić information content (AvgIpc) is 2.93. The van der Waals surface area contributed by atoms with Gasteiger partial charge in [-0.25, -0.2) is 13.4 Å². The number of piperidine rings is 1. The van der Waals surface area contributed by atoms with Crippen molar-refractivity contribution in [2.75, 3.05) is 24.2 Å². The molecule has 8 nitrogen and oxygen atoms in total. The van der Waals surface area contributed by atoms with Crippen molar-refractivity contribution >= 4 is 44.3 Å². The van der Waals surface area contributed by atoms with E-state index in [1.165, 1.54) is 28.2 Å². The van der Waals surface area contributed by atoms with Crippen molar-refractivity contribution in [3.8, 4) is 5.69 Å². The molecule has 3 aromatic carbocycles. The highest BCUT2D eigenvalue weighted by atomic mass is 32.2. The van der Waals surface area contributed by atoms with E-state index in [-0.39, 0.29) is 22.1 Å². The number of fused-ring (bicyclic) bond motifs is 1. The normalized spacial score (nSPS) is 14.4. The predicted octanol–water partition coefficient (Wildman–Crippen LogP) is 4.60. The zero-order valence-electron chi connectivity index (χ0n) is 21.0. The second-order valence-electron chi connectivity index (χ2n) is 9.16. The molecule has 4 aromatic rings. The van der Waals surface area contributed by atoms with Crippen LogP contribution in [0.2, 0.25) is 0 Å². The molecule has 1 aromatic heterocycles. The van der Waals surface area contributed by atoms with Crippen LogP contribution in [-0.2, 0) is 14.8 Å². The summed E-state index contributed by atoms with van der Waals surface area (Å²) in [5.74, 6) is -0.273. The zero-order valence-corrected chi connectivity index (χ0v) is 22.6. The van der Waals surface area contributed by atoms with Gasteiger partial charge in [0.05, 0.1) is 27.2 Å². The molecule has 1 aliphatic heterocycles.